The van der Waals surface area contributed by atoms with Gasteiger partial charge in [-0.1, -0.05) is 23.9 Å². The van der Waals surface area contributed by atoms with Crippen molar-refractivity contribution in [2.45, 2.75) is 31.0 Å². The molecule has 2 N–H and O–H groups in total. The Morgan fingerprint density at radius 1 is 1.23 bits per heavy atom. The average Bonchev–Trinajstić information content (AvgIpc) is 3.44. The third kappa shape index (κ3) is 4.88. The molecule has 160 valence electrons. The SMILES string of the molecule is Cc1cc(=O)[nH]c(SCC(=O)N2CCC[C@H]2C(=O)Nc2ccccc2-n2cccc2)n1. The van der Waals surface area contributed by atoms with E-state index >= 15 is 0 Å². The minimum absolute atomic E-state index is 0.107. The monoisotopic (exact) mass is 437 g/mol. The van der Waals surface area contributed by atoms with E-state index in [1.165, 1.54) is 17.8 Å². The molecule has 1 saturated heterocycles. The lowest BCUT2D eigenvalue weighted by Crippen LogP contribution is -2.44. The molecule has 0 radical (unpaired) electrons. The Balaban J connectivity index is 1.43. The second kappa shape index (κ2) is 9.22. The molecule has 9 heteroatoms. The van der Waals surface area contributed by atoms with Crippen LogP contribution >= 0.6 is 11.8 Å². The van der Waals surface area contributed by atoms with E-state index in [4.69, 9.17) is 0 Å². The predicted octanol–water partition coefficient (Wildman–Crippen LogP) is 2.59. The van der Waals surface area contributed by atoms with Gasteiger partial charge in [0.25, 0.3) is 5.56 Å². The number of aromatic nitrogens is 3. The molecule has 8 nitrogen and oxygen atoms in total. The Morgan fingerprint density at radius 2 is 2.00 bits per heavy atom. The number of carbonyl (C=O) groups excluding carboxylic acids is 2. The molecule has 3 aromatic rings. The number of amides is 2. The summed E-state index contributed by atoms with van der Waals surface area (Å²) in [7, 11) is 0. The standard InChI is InChI=1S/C22H23N5O3S/c1-15-13-19(28)25-22(23-15)31-14-20(29)27-12-6-9-18(27)21(30)24-16-7-2-3-8-17(16)26-10-4-5-11-26/h2-5,7-8,10-11,13,18H,6,9,12,14H2,1H3,(H,24,30)(H,23,25,28)/t18-/m0/s1. The van der Waals surface area contributed by atoms with E-state index in [1.54, 1.807) is 11.8 Å². The third-order valence-electron chi connectivity index (χ3n) is 5.10. The number of benzene rings is 1. The Bertz CT molecular complexity index is 1140. The van der Waals surface area contributed by atoms with Crippen molar-refractivity contribution in [3.8, 4) is 5.69 Å². The molecule has 3 heterocycles. The van der Waals surface area contributed by atoms with Crippen molar-refractivity contribution in [2.24, 2.45) is 0 Å². The molecule has 4 rings (SSSR count). The van der Waals surface area contributed by atoms with Crippen molar-refractivity contribution in [3.05, 3.63) is 70.9 Å². The molecule has 0 unspecified atom stereocenters. The summed E-state index contributed by atoms with van der Waals surface area (Å²) in [4.78, 5) is 45.9. The normalized spacial score (nSPS) is 15.8. The number of likely N-dealkylation sites (tertiary alicyclic amines) is 1. The van der Waals surface area contributed by atoms with Gasteiger partial charge in [-0.15, -0.1) is 0 Å². The molecule has 0 bridgehead atoms. The van der Waals surface area contributed by atoms with Crippen molar-refractivity contribution in [3.63, 3.8) is 0 Å². The first-order valence-electron chi connectivity index (χ1n) is 10.0. The summed E-state index contributed by atoms with van der Waals surface area (Å²) in [6.45, 7) is 2.27. The van der Waals surface area contributed by atoms with Crippen LogP contribution < -0.4 is 10.9 Å². The molecule has 0 spiro atoms. The van der Waals surface area contributed by atoms with Crippen LogP contribution in [0.5, 0.6) is 0 Å². The van der Waals surface area contributed by atoms with E-state index in [0.717, 1.165) is 12.1 Å². The summed E-state index contributed by atoms with van der Waals surface area (Å²) < 4.78 is 1.93. The number of para-hydroxylation sites is 2. The molecule has 1 aliphatic heterocycles. The zero-order valence-electron chi connectivity index (χ0n) is 17.1. The Hall–Kier alpha value is -3.33. The summed E-state index contributed by atoms with van der Waals surface area (Å²) in [5.74, 6) is -0.237. The highest BCUT2D eigenvalue weighted by atomic mass is 32.2. The summed E-state index contributed by atoms with van der Waals surface area (Å²) in [5, 5.41) is 3.40. The van der Waals surface area contributed by atoms with Crippen molar-refractivity contribution >= 4 is 29.3 Å². The minimum atomic E-state index is -0.518. The first-order valence-corrected chi connectivity index (χ1v) is 11.0. The van der Waals surface area contributed by atoms with Crippen LogP contribution in [-0.4, -0.2) is 49.6 Å². The average molecular weight is 438 g/mol. The minimum Gasteiger partial charge on any atom is -0.330 e. The molecule has 1 atom stereocenters. The fraction of sp³-hybridized carbons (Fsp3) is 0.273. The number of rotatable bonds is 6. The molecule has 0 aliphatic carbocycles. The summed E-state index contributed by atoms with van der Waals surface area (Å²) in [5.41, 5.74) is 1.90. The second-order valence-electron chi connectivity index (χ2n) is 7.32. The van der Waals surface area contributed by atoms with Gasteiger partial charge >= 0.3 is 0 Å². The second-order valence-corrected chi connectivity index (χ2v) is 8.29. The smallest absolute Gasteiger partial charge is 0.251 e. The van der Waals surface area contributed by atoms with Crippen LogP contribution in [0.2, 0.25) is 0 Å². The molecule has 1 aliphatic rings. The lowest BCUT2D eigenvalue weighted by Gasteiger charge is -2.24. The van der Waals surface area contributed by atoms with Crippen molar-refractivity contribution in [1.82, 2.24) is 19.4 Å². The van der Waals surface area contributed by atoms with Crippen LogP contribution in [0.4, 0.5) is 5.69 Å². The zero-order chi connectivity index (χ0) is 21.8. The van der Waals surface area contributed by atoms with Crippen molar-refractivity contribution < 1.29 is 9.59 Å². The van der Waals surface area contributed by atoms with E-state index < -0.39 is 6.04 Å². The number of nitrogens with zero attached hydrogens (tertiary/aromatic N) is 3. The predicted molar refractivity (Wildman–Crippen MR) is 119 cm³/mol. The van der Waals surface area contributed by atoms with Crippen molar-refractivity contribution in [2.75, 3.05) is 17.6 Å². The number of anilines is 1. The lowest BCUT2D eigenvalue weighted by molar-refractivity contribution is -0.134. The van der Waals surface area contributed by atoms with Gasteiger partial charge in [0.2, 0.25) is 11.8 Å². The molecule has 1 aromatic carbocycles. The molecule has 2 aromatic heterocycles. The highest BCUT2D eigenvalue weighted by Gasteiger charge is 2.34. The number of aryl methyl sites for hydroxylation is 1. The number of hydrogen-bond acceptors (Lipinski definition) is 5. The van der Waals surface area contributed by atoms with E-state index in [9.17, 15) is 14.4 Å². The first kappa shape index (κ1) is 20.9. The van der Waals surface area contributed by atoms with Gasteiger partial charge in [-0.25, -0.2) is 4.98 Å². The van der Waals surface area contributed by atoms with Crippen LogP contribution in [0.3, 0.4) is 0 Å². The van der Waals surface area contributed by atoms with Gasteiger partial charge in [-0.3, -0.25) is 14.4 Å². The topological polar surface area (TPSA) is 100 Å². The fourth-order valence-corrected chi connectivity index (χ4v) is 4.49. The van der Waals surface area contributed by atoms with Gasteiger partial charge in [0.1, 0.15) is 6.04 Å². The molecule has 2 amide bonds. The number of H-pyrrole nitrogens is 1. The lowest BCUT2D eigenvalue weighted by atomic mass is 10.2. The number of carbonyl (C=O) groups is 2. The van der Waals surface area contributed by atoms with Crippen LogP contribution in [-0.2, 0) is 9.59 Å². The van der Waals surface area contributed by atoms with E-state index in [-0.39, 0.29) is 23.1 Å². The van der Waals surface area contributed by atoms with Gasteiger partial charge in [-0.05, 0) is 44.0 Å². The van der Waals surface area contributed by atoms with Crippen LogP contribution in [0.25, 0.3) is 5.69 Å². The maximum atomic E-state index is 13.0. The number of nitrogens with one attached hydrogen (secondary N) is 2. The summed E-state index contributed by atoms with van der Waals surface area (Å²) >= 11 is 1.17. The quantitative estimate of drug-likeness (QED) is 0.456. The van der Waals surface area contributed by atoms with Crippen LogP contribution in [0, 0.1) is 6.92 Å². The zero-order valence-corrected chi connectivity index (χ0v) is 17.9. The highest BCUT2D eigenvalue weighted by Crippen LogP contribution is 2.24. The summed E-state index contributed by atoms with van der Waals surface area (Å²) in [6, 6.07) is 12.3. The molecule has 1 fully saturated rings. The number of hydrogen-bond donors (Lipinski definition) is 2. The largest absolute Gasteiger partial charge is 0.330 e. The summed E-state index contributed by atoms with van der Waals surface area (Å²) in [6.07, 6.45) is 5.22. The Labute approximate surface area is 183 Å². The van der Waals surface area contributed by atoms with Gasteiger partial charge < -0.3 is 19.8 Å². The van der Waals surface area contributed by atoms with Crippen molar-refractivity contribution in [1.29, 1.82) is 0 Å². The number of thioether (sulfide) groups is 1. The maximum Gasteiger partial charge on any atom is 0.251 e. The molecular weight excluding hydrogens is 414 g/mol. The van der Waals surface area contributed by atoms with Gasteiger partial charge in [-0.2, -0.15) is 0 Å². The highest BCUT2D eigenvalue weighted by molar-refractivity contribution is 7.99. The van der Waals surface area contributed by atoms with Crippen LogP contribution in [0.15, 0.2) is 64.8 Å². The van der Waals surface area contributed by atoms with Crippen LogP contribution in [0.1, 0.15) is 18.5 Å². The Kier molecular flexibility index (Phi) is 6.22. The van der Waals surface area contributed by atoms with E-state index in [1.807, 2.05) is 53.4 Å². The first-order chi connectivity index (χ1) is 15.0. The molecule has 0 saturated carbocycles. The van der Waals surface area contributed by atoms with Gasteiger partial charge in [0.15, 0.2) is 5.16 Å². The maximum absolute atomic E-state index is 13.0. The van der Waals surface area contributed by atoms with E-state index in [2.05, 4.69) is 15.3 Å². The third-order valence-corrected chi connectivity index (χ3v) is 5.96. The molecular formula is C22H23N5O3S. The fourth-order valence-electron chi connectivity index (χ4n) is 3.69. The number of aromatic amines is 1. The Morgan fingerprint density at radius 3 is 2.77 bits per heavy atom. The van der Waals surface area contributed by atoms with E-state index in [0.29, 0.717) is 29.5 Å². The molecule has 31 heavy (non-hydrogen) atoms. The van der Waals surface area contributed by atoms with Gasteiger partial charge in [0, 0.05) is 30.7 Å². The van der Waals surface area contributed by atoms with Gasteiger partial charge in [0.05, 0.1) is 17.1 Å².